The van der Waals surface area contributed by atoms with Crippen LogP contribution in [0.2, 0.25) is 5.02 Å². The number of benzene rings is 2. The molecule has 0 unspecified atom stereocenters. The predicted molar refractivity (Wildman–Crippen MR) is 111 cm³/mol. The summed E-state index contributed by atoms with van der Waals surface area (Å²) in [6.07, 6.45) is 0.997. The normalized spacial score (nSPS) is 12.0. The van der Waals surface area contributed by atoms with Crippen LogP contribution in [0.25, 0.3) is 11.4 Å². The number of carbonyl (C=O) groups is 1. The molecule has 0 saturated heterocycles. The molecular weight excluding hydrogens is 380 g/mol. The van der Waals surface area contributed by atoms with E-state index in [1.807, 2.05) is 38.1 Å². The van der Waals surface area contributed by atoms with Crippen LogP contribution in [0.3, 0.4) is 0 Å². The van der Waals surface area contributed by atoms with Crippen molar-refractivity contribution in [1.29, 1.82) is 0 Å². The average Bonchev–Trinajstić information content (AvgIpc) is 3.14. The molecule has 0 spiro atoms. The molecule has 140 valence electrons. The summed E-state index contributed by atoms with van der Waals surface area (Å²) in [5.41, 5.74) is 3.81. The number of thioether (sulfide) groups is 1. The lowest BCUT2D eigenvalue weighted by Gasteiger charge is -2.12. The fourth-order valence-electron chi connectivity index (χ4n) is 2.52. The van der Waals surface area contributed by atoms with Gasteiger partial charge in [0, 0.05) is 16.3 Å². The van der Waals surface area contributed by atoms with Gasteiger partial charge < -0.3 is 5.32 Å². The lowest BCUT2D eigenvalue weighted by Crippen LogP contribution is -2.23. The number of carbonyl (C=O) groups excluding carboxylic acids is 1. The first-order valence-electron chi connectivity index (χ1n) is 8.72. The van der Waals surface area contributed by atoms with Crippen molar-refractivity contribution in [2.45, 2.75) is 37.6 Å². The van der Waals surface area contributed by atoms with Gasteiger partial charge in [0.05, 0.1) is 5.25 Å². The van der Waals surface area contributed by atoms with Crippen molar-refractivity contribution in [3.8, 4) is 11.4 Å². The van der Waals surface area contributed by atoms with Crippen LogP contribution in [-0.4, -0.2) is 26.3 Å². The Morgan fingerprint density at radius 2 is 2.00 bits per heavy atom. The second-order valence-corrected chi connectivity index (χ2v) is 7.89. The number of aryl methyl sites for hydroxylation is 1. The van der Waals surface area contributed by atoms with E-state index in [2.05, 4.69) is 39.6 Å². The van der Waals surface area contributed by atoms with Crippen molar-refractivity contribution in [2.24, 2.45) is 0 Å². The zero-order valence-corrected chi connectivity index (χ0v) is 17.0. The van der Waals surface area contributed by atoms with Crippen LogP contribution in [0.1, 0.15) is 25.0 Å². The Hall–Kier alpha value is -2.31. The molecular formula is C20H21ClN4OS. The van der Waals surface area contributed by atoms with Gasteiger partial charge in [0.25, 0.3) is 0 Å². The molecule has 0 aliphatic carbocycles. The van der Waals surface area contributed by atoms with Gasteiger partial charge in [0.15, 0.2) is 5.82 Å². The smallest absolute Gasteiger partial charge is 0.237 e. The molecule has 2 N–H and O–H groups in total. The topological polar surface area (TPSA) is 70.7 Å². The quantitative estimate of drug-likeness (QED) is 0.563. The number of anilines is 1. The number of hydrogen-bond acceptors (Lipinski definition) is 4. The summed E-state index contributed by atoms with van der Waals surface area (Å²) in [6.45, 7) is 5.82. The van der Waals surface area contributed by atoms with Gasteiger partial charge in [0.1, 0.15) is 0 Å². The predicted octanol–water partition coefficient (Wildman–Crippen LogP) is 5.12. The summed E-state index contributed by atoms with van der Waals surface area (Å²) in [5, 5.41) is 10.9. The maximum Gasteiger partial charge on any atom is 0.237 e. The van der Waals surface area contributed by atoms with Crippen LogP contribution < -0.4 is 5.32 Å². The van der Waals surface area contributed by atoms with Gasteiger partial charge >= 0.3 is 0 Å². The molecule has 3 aromatic rings. The summed E-state index contributed by atoms with van der Waals surface area (Å²) in [4.78, 5) is 17.0. The van der Waals surface area contributed by atoms with Crippen molar-refractivity contribution in [3.63, 3.8) is 0 Å². The number of nitrogens with zero attached hydrogens (tertiary/aromatic N) is 2. The number of amides is 1. The Bertz CT molecular complexity index is 939. The molecule has 27 heavy (non-hydrogen) atoms. The molecule has 0 fully saturated rings. The standard InChI is InChI=1S/C20H21ClN4OS/c1-4-14-8-10-15(11-9-14)18-23-20(25-24-18)27-13(3)19(26)22-17-7-5-6-16(21)12(17)2/h5-11,13H,4H2,1-3H3,(H,22,26)(H,23,24,25)/t13-/m0/s1. The van der Waals surface area contributed by atoms with Gasteiger partial charge in [-0.05, 0) is 43.5 Å². The van der Waals surface area contributed by atoms with Crippen molar-refractivity contribution in [3.05, 3.63) is 58.6 Å². The molecule has 1 heterocycles. The third-order valence-electron chi connectivity index (χ3n) is 4.28. The number of rotatable bonds is 6. The van der Waals surface area contributed by atoms with Crippen molar-refractivity contribution in [1.82, 2.24) is 15.2 Å². The zero-order chi connectivity index (χ0) is 19.4. The van der Waals surface area contributed by atoms with Crippen LogP contribution in [0.4, 0.5) is 5.69 Å². The Kier molecular flexibility index (Phi) is 6.19. The fraction of sp³-hybridized carbons (Fsp3) is 0.250. The number of aromatic nitrogens is 3. The largest absolute Gasteiger partial charge is 0.325 e. The molecule has 2 aromatic carbocycles. The van der Waals surface area contributed by atoms with Crippen LogP contribution in [0.5, 0.6) is 0 Å². The Morgan fingerprint density at radius 3 is 2.70 bits per heavy atom. The van der Waals surface area contributed by atoms with Gasteiger partial charge in [-0.25, -0.2) is 4.98 Å². The maximum atomic E-state index is 12.5. The van der Waals surface area contributed by atoms with E-state index in [1.165, 1.54) is 17.3 Å². The SMILES string of the molecule is CCc1ccc(-c2nc(S[C@@H](C)C(=O)Nc3cccc(Cl)c3C)n[nH]2)cc1. The van der Waals surface area contributed by atoms with Gasteiger partial charge in [-0.2, -0.15) is 0 Å². The highest BCUT2D eigenvalue weighted by molar-refractivity contribution is 8.00. The molecule has 7 heteroatoms. The highest BCUT2D eigenvalue weighted by atomic mass is 35.5. The van der Waals surface area contributed by atoms with E-state index >= 15 is 0 Å². The van der Waals surface area contributed by atoms with Crippen molar-refractivity contribution < 1.29 is 4.79 Å². The third-order valence-corrected chi connectivity index (χ3v) is 5.65. The zero-order valence-electron chi connectivity index (χ0n) is 15.4. The number of hydrogen-bond donors (Lipinski definition) is 2. The lowest BCUT2D eigenvalue weighted by molar-refractivity contribution is -0.115. The van der Waals surface area contributed by atoms with Crippen molar-refractivity contribution in [2.75, 3.05) is 5.32 Å². The summed E-state index contributed by atoms with van der Waals surface area (Å²) >= 11 is 7.41. The van der Waals surface area contributed by atoms with Gasteiger partial charge in [-0.15, -0.1) is 5.10 Å². The van der Waals surface area contributed by atoms with Gasteiger partial charge in [-0.3, -0.25) is 9.89 Å². The first-order chi connectivity index (χ1) is 13.0. The van der Waals surface area contributed by atoms with E-state index in [4.69, 9.17) is 11.6 Å². The van der Waals surface area contributed by atoms with E-state index in [-0.39, 0.29) is 11.2 Å². The lowest BCUT2D eigenvalue weighted by atomic mass is 10.1. The first kappa shape index (κ1) is 19.5. The molecule has 1 amide bonds. The minimum Gasteiger partial charge on any atom is -0.325 e. The van der Waals surface area contributed by atoms with E-state index < -0.39 is 0 Å². The molecule has 0 aliphatic rings. The van der Waals surface area contributed by atoms with Gasteiger partial charge in [-0.1, -0.05) is 60.6 Å². The van der Waals surface area contributed by atoms with Crippen LogP contribution in [0, 0.1) is 6.92 Å². The number of H-pyrrole nitrogens is 1. The molecule has 3 rings (SSSR count). The fourth-order valence-corrected chi connectivity index (χ4v) is 3.41. The highest BCUT2D eigenvalue weighted by Crippen LogP contribution is 2.26. The number of halogens is 1. The molecule has 0 aliphatic heterocycles. The van der Waals surface area contributed by atoms with Crippen LogP contribution in [-0.2, 0) is 11.2 Å². The minimum atomic E-state index is -0.352. The van der Waals surface area contributed by atoms with Crippen LogP contribution in [0.15, 0.2) is 47.6 Å². The van der Waals surface area contributed by atoms with Gasteiger partial charge in [0.2, 0.25) is 11.1 Å². The molecule has 0 radical (unpaired) electrons. The number of nitrogens with one attached hydrogen (secondary N) is 2. The summed E-state index contributed by atoms with van der Waals surface area (Å²) in [7, 11) is 0. The van der Waals surface area contributed by atoms with E-state index in [9.17, 15) is 4.79 Å². The molecule has 1 atom stereocenters. The van der Waals surface area contributed by atoms with E-state index in [0.29, 0.717) is 21.7 Å². The minimum absolute atomic E-state index is 0.121. The molecule has 1 aromatic heterocycles. The van der Waals surface area contributed by atoms with Crippen molar-refractivity contribution >= 4 is 35.0 Å². The number of aromatic amines is 1. The average molecular weight is 401 g/mol. The summed E-state index contributed by atoms with van der Waals surface area (Å²) < 4.78 is 0. The van der Waals surface area contributed by atoms with E-state index in [1.54, 1.807) is 6.07 Å². The Balaban J connectivity index is 1.65. The van der Waals surface area contributed by atoms with E-state index in [0.717, 1.165) is 17.5 Å². The molecule has 5 nitrogen and oxygen atoms in total. The monoisotopic (exact) mass is 400 g/mol. The first-order valence-corrected chi connectivity index (χ1v) is 9.98. The van der Waals surface area contributed by atoms with Crippen LogP contribution >= 0.6 is 23.4 Å². The highest BCUT2D eigenvalue weighted by Gasteiger charge is 2.18. The Labute approximate surface area is 167 Å². The summed E-state index contributed by atoms with van der Waals surface area (Å²) in [5.74, 6) is 0.572. The molecule has 0 saturated carbocycles. The third kappa shape index (κ3) is 4.70. The Morgan fingerprint density at radius 1 is 1.26 bits per heavy atom. The maximum absolute atomic E-state index is 12.5. The second-order valence-electron chi connectivity index (χ2n) is 6.18. The second kappa shape index (κ2) is 8.59. The summed E-state index contributed by atoms with van der Waals surface area (Å²) in [6, 6.07) is 13.6. The molecule has 0 bridgehead atoms.